The Bertz CT molecular complexity index is 787. The minimum atomic E-state index is -4.13. The van der Waals surface area contributed by atoms with Gasteiger partial charge in [-0.05, 0) is 31.8 Å². The molecule has 1 aliphatic carbocycles. The van der Waals surface area contributed by atoms with Gasteiger partial charge in [0.2, 0.25) is 26.8 Å². The van der Waals surface area contributed by atoms with E-state index in [9.17, 15) is 31.2 Å². The van der Waals surface area contributed by atoms with Crippen LogP contribution in [0.25, 0.3) is 0 Å². The summed E-state index contributed by atoms with van der Waals surface area (Å²) < 4.78 is 65.1. The number of piperidine rings is 2. The quantitative estimate of drug-likeness (QED) is 0.581. The zero-order valence-corrected chi connectivity index (χ0v) is 16.2. The van der Waals surface area contributed by atoms with Crippen LogP contribution in [0.1, 0.15) is 32.1 Å². The van der Waals surface area contributed by atoms with Crippen LogP contribution in [-0.4, -0.2) is 57.1 Å². The van der Waals surface area contributed by atoms with Gasteiger partial charge >= 0.3 is 0 Å². The fraction of sp³-hybridized carbons (Fsp3) is 0.765. The molecule has 0 aromatic carbocycles. The number of fused-ring (bicyclic) bond motifs is 3. The summed E-state index contributed by atoms with van der Waals surface area (Å²) in [5, 5.41) is 6.54. The third-order valence-corrected chi connectivity index (χ3v) is 6.55. The molecule has 0 aromatic rings. The molecule has 0 aromatic heterocycles. The SMILES string of the molecule is CS(=O)(=O)/C(F)=C/[C@H](C[C@@H]1CCNC1=O)NC(=O)[C@H]1N[C@H]2CC[C@@H]1C(F)(F)C2. The molecule has 0 unspecified atom stereocenters. The van der Waals surface area contributed by atoms with Crippen molar-refractivity contribution in [2.75, 3.05) is 12.8 Å². The summed E-state index contributed by atoms with van der Waals surface area (Å²) in [6, 6.07) is -2.72. The maximum absolute atomic E-state index is 14.2. The van der Waals surface area contributed by atoms with Crippen molar-refractivity contribution in [3.63, 3.8) is 0 Å². The summed E-state index contributed by atoms with van der Waals surface area (Å²) in [4.78, 5) is 24.5. The highest BCUT2D eigenvalue weighted by molar-refractivity contribution is 7.94. The third-order valence-electron chi connectivity index (χ3n) is 5.70. The summed E-state index contributed by atoms with van der Waals surface area (Å²) in [7, 11) is -4.13. The van der Waals surface area contributed by atoms with E-state index in [2.05, 4.69) is 16.0 Å². The van der Waals surface area contributed by atoms with Crippen LogP contribution in [0.2, 0.25) is 0 Å². The van der Waals surface area contributed by atoms with E-state index < -0.39 is 56.8 Å². The lowest BCUT2D eigenvalue weighted by molar-refractivity contribution is -0.154. The van der Waals surface area contributed by atoms with Crippen molar-refractivity contribution in [1.82, 2.24) is 16.0 Å². The average molecular weight is 423 g/mol. The number of halogens is 3. The molecule has 3 saturated heterocycles. The molecule has 5 atom stereocenters. The normalized spacial score (nSPS) is 33.4. The van der Waals surface area contributed by atoms with Crippen molar-refractivity contribution in [3.8, 4) is 0 Å². The van der Waals surface area contributed by atoms with Gasteiger partial charge in [-0.2, -0.15) is 4.39 Å². The smallest absolute Gasteiger partial charge is 0.254 e. The van der Waals surface area contributed by atoms with Gasteiger partial charge in [0.1, 0.15) is 0 Å². The number of amides is 2. The highest BCUT2D eigenvalue weighted by Crippen LogP contribution is 2.44. The lowest BCUT2D eigenvalue weighted by Gasteiger charge is -2.47. The number of sulfone groups is 1. The maximum atomic E-state index is 14.2. The van der Waals surface area contributed by atoms with Crippen LogP contribution < -0.4 is 16.0 Å². The Labute approximate surface area is 161 Å². The Morgan fingerprint density at radius 3 is 2.61 bits per heavy atom. The summed E-state index contributed by atoms with van der Waals surface area (Å²) in [5.74, 6) is -5.67. The molecule has 28 heavy (non-hydrogen) atoms. The predicted octanol–water partition coefficient (Wildman–Crippen LogP) is 0.629. The van der Waals surface area contributed by atoms with E-state index in [1.165, 1.54) is 0 Å². The van der Waals surface area contributed by atoms with Crippen LogP contribution >= 0.6 is 0 Å². The maximum Gasteiger partial charge on any atom is 0.254 e. The van der Waals surface area contributed by atoms with Gasteiger partial charge in [0.05, 0.1) is 12.1 Å². The van der Waals surface area contributed by atoms with Crippen LogP contribution in [-0.2, 0) is 19.4 Å². The molecule has 158 valence electrons. The molecule has 4 fully saturated rings. The Kier molecular flexibility index (Phi) is 5.77. The Hall–Kier alpha value is -1.62. The molecule has 7 nitrogen and oxygen atoms in total. The van der Waals surface area contributed by atoms with Crippen molar-refractivity contribution in [2.24, 2.45) is 11.8 Å². The lowest BCUT2D eigenvalue weighted by atomic mass is 9.73. The number of alkyl halides is 2. The number of carbonyl (C=O) groups is 2. The number of hydrogen-bond acceptors (Lipinski definition) is 5. The van der Waals surface area contributed by atoms with Gasteiger partial charge in [0.15, 0.2) is 0 Å². The lowest BCUT2D eigenvalue weighted by Crippen LogP contribution is -2.66. The van der Waals surface area contributed by atoms with Gasteiger partial charge in [-0.1, -0.05) is 0 Å². The Morgan fingerprint density at radius 1 is 1.36 bits per heavy atom. The van der Waals surface area contributed by atoms with E-state index in [-0.39, 0.29) is 25.2 Å². The summed E-state index contributed by atoms with van der Waals surface area (Å²) in [6.07, 6.45) is 2.29. The molecule has 1 saturated carbocycles. The summed E-state index contributed by atoms with van der Waals surface area (Å²) in [5.41, 5.74) is 0. The number of hydrogen-bond donors (Lipinski definition) is 3. The average Bonchev–Trinajstić information content (AvgIpc) is 2.97. The topological polar surface area (TPSA) is 104 Å². The van der Waals surface area contributed by atoms with E-state index in [1.807, 2.05) is 0 Å². The molecular weight excluding hydrogens is 399 g/mol. The van der Waals surface area contributed by atoms with Gasteiger partial charge in [0.25, 0.3) is 5.92 Å². The zero-order valence-electron chi connectivity index (χ0n) is 15.4. The van der Waals surface area contributed by atoms with Crippen molar-refractivity contribution in [1.29, 1.82) is 0 Å². The largest absolute Gasteiger partial charge is 0.356 e. The van der Waals surface area contributed by atoms with Crippen LogP contribution in [0.5, 0.6) is 0 Å². The second kappa shape index (κ2) is 7.66. The standard InChI is InChI=1S/C17H24F3N3O4S/c1-28(26,27)13(18)7-11(6-9-4-5-21-15(9)24)23-16(25)14-12-3-2-10(22-14)8-17(12,19)20/h7,9-12,14,22H,2-6,8H2,1H3,(H,21,24)(H,23,25)/b13-7+/t9-,10-,11-,12-,14-/m0/s1. The van der Waals surface area contributed by atoms with Crippen molar-refractivity contribution in [2.45, 2.75) is 56.2 Å². The molecule has 3 aliphatic heterocycles. The fourth-order valence-corrected chi connectivity index (χ4v) is 4.67. The minimum absolute atomic E-state index is 0.0161. The summed E-state index contributed by atoms with van der Waals surface area (Å²) >= 11 is 0. The first-order valence-corrected chi connectivity index (χ1v) is 11.2. The number of nitrogens with one attached hydrogen (secondary N) is 3. The summed E-state index contributed by atoms with van der Waals surface area (Å²) in [6.45, 7) is 0.433. The first-order chi connectivity index (χ1) is 13.0. The second-order valence-electron chi connectivity index (χ2n) is 7.86. The van der Waals surface area contributed by atoms with E-state index in [0.717, 1.165) is 6.08 Å². The molecule has 0 spiro atoms. The minimum Gasteiger partial charge on any atom is -0.356 e. The first-order valence-electron chi connectivity index (χ1n) is 9.26. The van der Waals surface area contributed by atoms with E-state index in [4.69, 9.17) is 0 Å². The monoisotopic (exact) mass is 423 g/mol. The van der Waals surface area contributed by atoms with Gasteiger partial charge in [0, 0.05) is 37.1 Å². The molecule has 4 aliphatic rings. The molecule has 2 amide bonds. The molecule has 3 N–H and O–H groups in total. The molecular formula is C17H24F3N3O4S. The number of rotatable bonds is 6. The van der Waals surface area contributed by atoms with Crippen molar-refractivity contribution in [3.05, 3.63) is 11.2 Å². The van der Waals surface area contributed by atoms with Gasteiger partial charge in [-0.25, -0.2) is 17.2 Å². The Morgan fingerprint density at radius 2 is 2.07 bits per heavy atom. The molecule has 0 radical (unpaired) electrons. The molecule has 11 heteroatoms. The third kappa shape index (κ3) is 4.51. The van der Waals surface area contributed by atoms with Crippen LogP contribution in [0.15, 0.2) is 11.2 Å². The highest BCUT2D eigenvalue weighted by atomic mass is 32.2. The van der Waals surface area contributed by atoms with Gasteiger partial charge in [-0.15, -0.1) is 0 Å². The van der Waals surface area contributed by atoms with Gasteiger partial charge in [-0.3, -0.25) is 9.59 Å². The first kappa shape index (κ1) is 21.1. The van der Waals surface area contributed by atoms with E-state index in [1.54, 1.807) is 0 Å². The molecule has 3 heterocycles. The second-order valence-corrected chi connectivity index (χ2v) is 9.79. The fourth-order valence-electron chi connectivity index (χ4n) is 4.25. The predicted molar refractivity (Wildman–Crippen MR) is 94.7 cm³/mol. The van der Waals surface area contributed by atoms with Crippen molar-refractivity contribution < 1.29 is 31.2 Å². The Balaban J connectivity index is 1.76. The van der Waals surface area contributed by atoms with Crippen molar-refractivity contribution >= 4 is 21.7 Å². The van der Waals surface area contributed by atoms with Crippen LogP contribution in [0.3, 0.4) is 0 Å². The van der Waals surface area contributed by atoms with Crippen LogP contribution in [0, 0.1) is 11.8 Å². The molecule has 2 bridgehead atoms. The van der Waals surface area contributed by atoms with Gasteiger partial charge < -0.3 is 16.0 Å². The van der Waals surface area contributed by atoms with E-state index >= 15 is 0 Å². The highest BCUT2D eigenvalue weighted by Gasteiger charge is 2.55. The zero-order chi connectivity index (χ0) is 20.7. The van der Waals surface area contributed by atoms with Crippen LogP contribution in [0.4, 0.5) is 13.2 Å². The number of carbonyl (C=O) groups excluding carboxylic acids is 2. The van der Waals surface area contributed by atoms with E-state index in [0.29, 0.717) is 25.6 Å². The molecule has 4 rings (SSSR count).